The van der Waals surface area contributed by atoms with Crippen LogP contribution in [-0.4, -0.2) is 172 Å². The van der Waals surface area contributed by atoms with Crippen molar-refractivity contribution in [2.24, 2.45) is 0 Å². The van der Waals surface area contributed by atoms with Crippen molar-refractivity contribution in [3.8, 4) is 0 Å². The third-order valence-electron chi connectivity index (χ3n) is 6.71. The summed E-state index contributed by atoms with van der Waals surface area (Å²) < 4.78 is 16.2. The van der Waals surface area contributed by atoms with Gasteiger partial charge in [0.2, 0.25) is 0 Å². The first-order chi connectivity index (χ1) is 15.4. The van der Waals surface area contributed by atoms with Crippen LogP contribution < -0.4 is 0 Å². The molecule has 12 N–H and O–H groups in total. The lowest BCUT2D eigenvalue weighted by Crippen LogP contribution is -2.80. The van der Waals surface area contributed by atoms with E-state index in [1.165, 1.54) is 0 Å². The molecular weight excluding hydrogens is 456 g/mol. The zero-order valence-corrected chi connectivity index (χ0v) is 17.3. The molecule has 0 spiro atoms. The minimum Gasteiger partial charge on any atom is -0.394 e. The van der Waals surface area contributed by atoms with Gasteiger partial charge >= 0.3 is 0 Å². The first kappa shape index (κ1) is 27.0. The first-order valence-corrected chi connectivity index (χ1v) is 10.4. The number of aliphatic hydroxyl groups is 12. The molecule has 4 unspecified atom stereocenters. The average Bonchev–Trinajstić information content (AvgIpc) is 2.80. The average molecular weight is 488 g/mol. The van der Waals surface area contributed by atoms with Gasteiger partial charge < -0.3 is 75.5 Å². The van der Waals surface area contributed by atoms with Crippen molar-refractivity contribution < 1.29 is 75.5 Å². The highest BCUT2D eigenvalue weighted by Crippen LogP contribution is 2.42. The molecule has 33 heavy (non-hydrogen) atoms. The third-order valence-corrected chi connectivity index (χ3v) is 6.71. The predicted octanol–water partition coefficient (Wildman–Crippen LogP) is -8.12. The maximum absolute atomic E-state index is 11.6. The summed E-state index contributed by atoms with van der Waals surface area (Å²) in [4.78, 5) is 0. The monoisotopic (exact) mass is 488 g/mol. The molecule has 0 amide bonds. The number of hydrogen-bond acceptors (Lipinski definition) is 15. The summed E-state index contributed by atoms with van der Waals surface area (Å²) in [5, 5.41) is 123. The number of hydrogen-bond donors (Lipinski definition) is 12. The van der Waals surface area contributed by atoms with Crippen LogP contribution in [-0.2, 0) is 14.2 Å². The molecule has 0 aromatic carbocycles. The van der Waals surface area contributed by atoms with Crippen LogP contribution >= 0.6 is 0 Å². The van der Waals surface area contributed by atoms with Crippen LogP contribution in [0.15, 0.2) is 0 Å². The topological polar surface area (TPSA) is 270 Å². The Kier molecular flexibility index (Phi) is 8.32. The van der Waals surface area contributed by atoms with E-state index in [0.29, 0.717) is 0 Å². The Hall–Kier alpha value is -0.600. The molecule has 0 aromatic rings. The van der Waals surface area contributed by atoms with Gasteiger partial charge in [0, 0.05) is 0 Å². The van der Waals surface area contributed by atoms with E-state index < -0.39 is 111 Å². The van der Waals surface area contributed by atoms with Gasteiger partial charge in [-0.15, -0.1) is 0 Å². The van der Waals surface area contributed by atoms with Crippen molar-refractivity contribution in [2.75, 3.05) is 19.8 Å². The molecule has 3 aliphatic rings. The summed E-state index contributed by atoms with van der Waals surface area (Å²) >= 11 is 0. The molecule has 15 atom stereocenters. The molecule has 0 bridgehead atoms. The van der Waals surface area contributed by atoms with Crippen molar-refractivity contribution in [1.29, 1.82) is 0 Å². The normalized spacial score (nSPS) is 56.0. The van der Waals surface area contributed by atoms with Crippen LogP contribution in [0.4, 0.5) is 0 Å². The lowest BCUT2D eigenvalue weighted by molar-refractivity contribution is -0.370. The van der Waals surface area contributed by atoms with E-state index in [9.17, 15) is 61.3 Å². The molecule has 0 aliphatic carbocycles. The summed E-state index contributed by atoms with van der Waals surface area (Å²) in [6, 6.07) is 0. The highest BCUT2D eigenvalue weighted by Gasteiger charge is 2.67. The fraction of sp³-hybridized carbons (Fsp3) is 1.00. The molecule has 0 aromatic heterocycles. The molecule has 15 nitrogen and oxygen atoms in total. The summed E-state index contributed by atoms with van der Waals surface area (Å²) in [7, 11) is 0. The fourth-order valence-electron chi connectivity index (χ4n) is 4.71. The quantitative estimate of drug-likeness (QED) is 0.171. The number of ether oxygens (including phenoxy) is 3. The second kappa shape index (κ2) is 10.2. The Morgan fingerprint density at radius 1 is 0.485 bits per heavy atom. The standard InChI is InChI=1S/C18H32O15/c19-1-4-7(22)10(25)12(27)14(31-4)17-18(30,15(29)9(24)6(3-21)33-17)16-13(28)11(26)8(23)5(2-20)32-16/h4-17,19-30H,1-3H2/t4-,5-,6-,7-,8-,9-,10+,11+,12-,13-,14?,15?,16?,17?,18+/m1/s1. The highest BCUT2D eigenvalue weighted by molar-refractivity contribution is 5.16. The first-order valence-electron chi connectivity index (χ1n) is 10.4. The van der Waals surface area contributed by atoms with Gasteiger partial charge in [0.05, 0.1) is 19.8 Å². The van der Waals surface area contributed by atoms with Crippen molar-refractivity contribution in [3.05, 3.63) is 0 Å². The zero-order chi connectivity index (χ0) is 24.8. The van der Waals surface area contributed by atoms with Gasteiger partial charge in [0.25, 0.3) is 0 Å². The SMILES string of the molecule is OC[C@H]1OC(C2O[C@H](CO)[C@@H](O)C(O)[C@]2(O)C2O[C@H](CO)[C@@H](O)[C@H](O)[C@H]2O)[C@H](O)[C@@H](O)[C@@H]1O. The van der Waals surface area contributed by atoms with Crippen molar-refractivity contribution in [1.82, 2.24) is 0 Å². The fourth-order valence-corrected chi connectivity index (χ4v) is 4.71. The van der Waals surface area contributed by atoms with E-state index in [2.05, 4.69) is 0 Å². The second-order valence-electron chi connectivity index (χ2n) is 8.64. The molecule has 0 radical (unpaired) electrons. The lowest BCUT2D eigenvalue weighted by atomic mass is 9.71. The largest absolute Gasteiger partial charge is 0.394 e. The van der Waals surface area contributed by atoms with Gasteiger partial charge in [-0.05, 0) is 0 Å². The lowest BCUT2D eigenvalue weighted by Gasteiger charge is -2.57. The molecule has 194 valence electrons. The van der Waals surface area contributed by atoms with Crippen molar-refractivity contribution in [3.63, 3.8) is 0 Å². The van der Waals surface area contributed by atoms with E-state index in [1.807, 2.05) is 0 Å². The predicted molar refractivity (Wildman–Crippen MR) is 100 cm³/mol. The maximum atomic E-state index is 11.6. The van der Waals surface area contributed by atoms with Gasteiger partial charge in [-0.3, -0.25) is 0 Å². The molecule has 3 aliphatic heterocycles. The van der Waals surface area contributed by atoms with Crippen LogP contribution in [0.25, 0.3) is 0 Å². The molecule has 0 saturated carbocycles. The molecule has 3 heterocycles. The zero-order valence-electron chi connectivity index (χ0n) is 17.3. The number of aliphatic hydroxyl groups excluding tert-OH is 11. The molecule has 3 fully saturated rings. The number of rotatable bonds is 5. The minimum absolute atomic E-state index is 0.846. The minimum atomic E-state index is -2.95. The highest BCUT2D eigenvalue weighted by atomic mass is 16.6. The van der Waals surface area contributed by atoms with Gasteiger partial charge in [0.1, 0.15) is 85.5 Å². The maximum Gasteiger partial charge on any atom is 0.150 e. The van der Waals surface area contributed by atoms with Crippen LogP contribution in [0.3, 0.4) is 0 Å². The van der Waals surface area contributed by atoms with Crippen molar-refractivity contribution in [2.45, 2.75) is 91.1 Å². The van der Waals surface area contributed by atoms with Gasteiger partial charge in [0.15, 0.2) is 5.60 Å². The smallest absolute Gasteiger partial charge is 0.150 e. The second-order valence-corrected chi connectivity index (χ2v) is 8.64. The van der Waals surface area contributed by atoms with Crippen molar-refractivity contribution >= 4 is 0 Å². The van der Waals surface area contributed by atoms with Crippen LogP contribution in [0.5, 0.6) is 0 Å². The Labute approximate surface area is 187 Å². The Morgan fingerprint density at radius 2 is 0.909 bits per heavy atom. The third kappa shape index (κ3) is 4.31. The molecule has 15 heteroatoms. The van der Waals surface area contributed by atoms with E-state index in [0.717, 1.165) is 0 Å². The summed E-state index contributed by atoms with van der Waals surface area (Å²) in [6.07, 6.45) is -26.5. The van der Waals surface area contributed by atoms with Gasteiger partial charge in [-0.1, -0.05) is 0 Å². The molecule has 3 saturated heterocycles. The van der Waals surface area contributed by atoms with Crippen LogP contribution in [0.2, 0.25) is 0 Å². The van der Waals surface area contributed by atoms with E-state index in [-0.39, 0.29) is 0 Å². The van der Waals surface area contributed by atoms with Crippen LogP contribution in [0.1, 0.15) is 0 Å². The summed E-state index contributed by atoms with van der Waals surface area (Å²) in [5.41, 5.74) is -2.95. The summed E-state index contributed by atoms with van der Waals surface area (Å²) in [6.45, 7) is -2.63. The summed E-state index contributed by atoms with van der Waals surface area (Å²) in [5.74, 6) is 0. The Morgan fingerprint density at radius 3 is 1.42 bits per heavy atom. The molecular formula is C18H32O15. The van der Waals surface area contributed by atoms with E-state index in [1.54, 1.807) is 0 Å². The Balaban J connectivity index is 2.07. The van der Waals surface area contributed by atoms with Gasteiger partial charge in [-0.25, -0.2) is 0 Å². The Bertz CT molecular complexity index is 650. The van der Waals surface area contributed by atoms with E-state index >= 15 is 0 Å². The van der Waals surface area contributed by atoms with Gasteiger partial charge in [-0.2, -0.15) is 0 Å². The van der Waals surface area contributed by atoms with Crippen LogP contribution in [0, 0.1) is 0 Å². The molecule has 3 rings (SSSR count). The van der Waals surface area contributed by atoms with E-state index in [4.69, 9.17) is 14.2 Å².